The quantitative estimate of drug-likeness (QED) is 0.147. The second-order valence-corrected chi connectivity index (χ2v) is 19.0. The van der Waals surface area contributed by atoms with E-state index in [-0.39, 0.29) is 5.41 Å². The van der Waals surface area contributed by atoms with Crippen molar-refractivity contribution in [2.75, 3.05) is 4.90 Å². The zero-order valence-corrected chi connectivity index (χ0v) is 36.8. The van der Waals surface area contributed by atoms with Gasteiger partial charge in [0.15, 0.2) is 0 Å². The van der Waals surface area contributed by atoms with Gasteiger partial charge in [0, 0.05) is 42.6 Å². The fraction of sp³-hybridized carbons (Fsp3) is 0.0794. The van der Waals surface area contributed by atoms with Crippen LogP contribution in [-0.2, 0) is 5.41 Å². The van der Waals surface area contributed by atoms with Crippen molar-refractivity contribution in [2.24, 2.45) is 0 Å². The number of benzene rings is 9. The molecule has 0 bridgehead atoms. The first-order chi connectivity index (χ1) is 32.2. The summed E-state index contributed by atoms with van der Waals surface area (Å²) in [5, 5.41) is 2.65. The number of hydrogen-bond donors (Lipinski definition) is 0. The first kappa shape index (κ1) is 38.0. The molecule has 1 nitrogen and oxygen atoms in total. The summed E-state index contributed by atoms with van der Waals surface area (Å²) in [7, 11) is 0. The van der Waals surface area contributed by atoms with Gasteiger partial charge in [0.05, 0.1) is 0 Å². The number of fused-ring (bicyclic) bond motifs is 8. The van der Waals surface area contributed by atoms with E-state index in [2.05, 4.69) is 235 Å². The lowest BCUT2D eigenvalue weighted by atomic mass is 9.71. The van der Waals surface area contributed by atoms with Crippen LogP contribution in [-0.4, -0.2) is 0 Å². The summed E-state index contributed by atoms with van der Waals surface area (Å²) in [4.78, 5) is 2.40. The molecule has 10 aromatic rings. The van der Waals surface area contributed by atoms with Crippen LogP contribution in [0.25, 0.3) is 70.3 Å². The van der Waals surface area contributed by atoms with Gasteiger partial charge in [0.1, 0.15) is 0 Å². The lowest BCUT2D eigenvalue weighted by molar-refractivity contribution is 0.773. The van der Waals surface area contributed by atoms with Crippen molar-refractivity contribution in [3.8, 4) is 44.5 Å². The number of hydrogen-bond acceptors (Lipinski definition) is 2. The maximum absolute atomic E-state index is 2.49. The molecule has 3 aliphatic rings. The summed E-state index contributed by atoms with van der Waals surface area (Å²) in [5.41, 5.74) is 20.9. The Labute approximate surface area is 384 Å². The summed E-state index contributed by atoms with van der Waals surface area (Å²) < 4.78 is 2.66. The first-order valence-electron chi connectivity index (χ1n) is 23.0. The highest BCUT2D eigenvalue weighted by atomic mass is 32.1. The molecule has 1 aromatic heterocycles. The zero-order valence-electron chi connectivity index (χ0n) is 36.0. The van der Waals surface area contributed by atoms with E-state index in [1.54, 1.807) is 11.1 Å². The van der Waals surface area contributed by atoms with Crippen LogP contribution in [0.4, 0.5) is 17.1 Å². The standard InChI is InChI=1S/C63H45NS/c1-3-13-42(14-4-1)46-15-11-16-47(39-46)43-25-32-50(33-26-43)64(52-36-29-45(30-37-52)53-21-12-22-57-56-20-8-10-24-61(56)65-62(53)57)51-34-27-44(28-35-51)48-31-38-55-58(40-48)54-19-7-9-23-59(54)63(41-60(55)63)49-17-5-2-6-18-49/h1-6,8-18,20-40,60H,7,19,41H2. The van der Waals surface area contributed by atoms with Crippen LogP contribution in [0, 0.1) is 0 Å². The van der Waals surface area contributed by atoms with Crippen LogP contribution in [0.2, 0.25) is 0 Å². The molecule has 2 heteroatoms. The highest BCUT2D eigenvalue weighted by molar-refractivity contribution is 7.26. The normalized spacial score (nSPS) is 17.1. The molecular weight excluding hydrogens is 803 g/mol. The number of thiophene rings is 1. The molecule has 0 saturated heterocycles. The fourth-order valence-corrected chi connectivity index (χ4v) is 12.4. The number of allylic oxidation sites excluding steroid dienone is 4. The maximum atomic E-state index is 2.49. The lowest BCUT2D eigenvalue weighted by Gasteiger charge is -2.32. The van der Waals surface area contributed by atoms with Crippen molar-refractivity contribution in [1.82, 2.24) is 0 Å². The molecule has 0 aliphatic heterocycles. The zero-order chi connectivity index (χ0) is 42.9. The molecule has 65 heavy (non-hydrogen) atoms. The number of nitrogens with zero attached hydrogens (tertiary/aromatic N) is 1. The van der Waals surface area contributed by atoms with E-state index in [9.17, 15) is 0 Å². The van der Waals surface area contributed by atoms with Crippen LogP contribution < -0.4 is 4.90 Å². The van der Waals surface area contributed by atoms with E-state index in [4.69, 9.17) is 0 Å². The van der Waals surface area contributed by atoms with E-state index < -0.39 is 0 Å². The SMILES string of the molecule is C1=CC2=C(CC1)c1cc(-c3ccc(N(c4ccc(-c5cccc(-c6ccccc6)c5)cc4)c4ccc(-c5cccc6c5sc5ccccc56)cc4)cc3)ccc1C1CC21c1ccccc1. The third-order valence-corrected chi connectivity index (χ3v) is 15.6. The molecule has 0 amide bonds. The summed E-state index contributed by atoms with van der Waals surface area (Å²) in [6.07, 6.45) is 8.25. The van der Waals surface area contributed by atoms with Gasteiger partial charge in [-0.1, -0.05) is 176 Å². The molecule has 2 atom stereocenters. The average molecular weight is 848 g/mol. The molecule has 9 aromatic carbocycles. The molecular formula is C63H45NS. The summed E-state index contributed by atoms with van der Waals surface area (Å²) in [6, 6.07) is 81.0. The third kappa shape index (κ3) is 6.35. The second kappa shape index (κ2) is 15.3. The molecule has 308 valence electrons. The summed E-state index contributed by atoms with van der Waals surface area (Å²) in [5.74, 6) is 0.537. The van der Waals surface area contributed by atoms with Crippen molar-refractivity contribution in [3.63, 3.8) is 0 Å². The van der Waals surface area contributed by atoms with Crippen molar-refractivity contribution in [3.05, 3.63) is 253 Å². The van der Waals surface area contributed by atoms with Crippen molar-refractivity contribution >= 4 is 54.1 Å². The van der Waals surface area contributed by atoms with Gasteiger partial charge in [-0.3, -0.25) is 0 Å². The average Bonchev–Trinajstić information content (AvgIpc) is 4.05. The third-order valence-electron chi connectivity index (χ3n) is 14.4. The Morgan fingerprint density at radius 3 is 1.71 bits per heavy atom. The minimum atomic E-state index is 0.127. The molecule has 3 aliphatic carbocycles. The van der Waals surface area contributed by atoms with E-state index in [0.29, 0.717) is 5.92 Å². The molecule has 13 rings (SSSR count). The van der Waals surface area contributed by atoms with Crippen LogP contribution >= 0.6 is 11.3 Å². The topological polar surface area (TPSA) is 3.24 Å². The van der Waals surface area contributed by atoms with Gasteiger partial charge in [-0.15, -0.1) is 11.3 Å². The van der Waals surface area contributed by atoms with E-state index in [1.807, 2.05) is 11.3 Å². The van der Waals surface area contributed by atoms with E-state index in [0.717, 1.165) is 29.9 Å². The highest BCUT2D eigenvalue weighted by Crippen LogP contribution is 2.70. The van der Waals surface area contributed by atoms with E-state index >= 15 is 0 Å². The Morgan fingerprint density at radius 1 is 0.446 bits per heavy atom. The van der Waals surface area contributed by atoms with Gasteiger partial charge < -0.3 is 4.90 Å². The minimum Gasteiger partial charge on any atom is -0.311 e. The predicted molar refractivity (Wildman–Crippen MR) is 277 cm³/mol. The Kier molecular flexibility index (Phi) is 8.96. The van der Waals surface area contributed by atoms with Crippen LogP contribution in [0.1, 0.15) is 41.9 Å². The van der Waals surface area contributed by atoms with Gasteiger partial charge in [0.25, 0.3) is 0 Å². The van der Waals surface area contributed by atoms with Crippen molar-refractivity contribution in [2.45, 2.75) is 30.6 Å². The van der Waals surface area contributed by atoms with Crippen molar-refractivity contribution < 1.29 is 0 Å². The van der Waals surface area contributed by atoms with Gasteiger partial charge in [-0.2, -0.15) is 0 Å². The first-order valence-corrected chi connectivity index (χ1v) is 23.8. The maximum Gasteiger partial charge on any atom is 0.0462 e. The van der Waals surface area contributed by atoms with Gasteiger partial charge >= 0.3 is 0 Å². The van der Waals surface area contributed by atoms with Gasteiger partial charge in [-0.25, -0.2) is 0 Å². The van der Waals surface area contributed by atoms with Crippen LogP contribution in [0.3, 0.4) is 0 Å². The Balaban J connectivity index is 0.865. The molecule has 0 radical (unpaired) electrons. The molecule has 0 spiro atoms. The molecule has 1 fully saturated rings. The van der Waals surface area contributed by atoms with Gasteiger partial charge in [-0.05, 0) is 152 Å². The Bertz CT molecular complexity index is 3490. The fourth-order valence-electron chi connectivity index (χ4n) is 11.1. The molecule has 2 unspecified atom stereocenters. The predicted octanol–water partition coefficient (Wildman–Crippen LogP) is 17.7. The largest absolute Gasteiger partial charge is 0.311 e. The smallest absolute Gasteiger partial charge is 0.0462 e. The second-order valence-electron chi connectivity index (χ2n) is 17.9. The Hall–Kier alpha value is -7.52. The monoisotopic (exact) mass is 847 g/mol. The van der Waals surface area contributed by atoms with Crippen molar-refractivity contribution in [1.29, 1.82) is 0 Å². The molecule has 0 N–H and O–H groups in total. The Morgan fingerprint density at radius 2 is 1.00 bits per heavy atom. The lowest BCUT2D eigenvalue weighted by Crippen LogP contribution is -2.20. The minimum absolute atomic E-state index is 0.127. The number of rotatable bonds is 8. The van der Waals surface area contributed by atoms with Gasteiger partial charge in [0.2, 0.25) is 0 Å². The highest BCUT2D eigenvalue weighted by Gasteiger charge is 2.61. The molecule has 1 heterocycles. The van der Waals surface area contributed by atoms with Crippen LogP contribution in [0.5, 0.6) is 0 Å². The van der Waals surface area contributed by atoms with E-state index in [1.165, 1.54) is 87.8 Å². The number of anilines is 3. The summed E-state index contributed by atoms with van der Waals surface area (Å²) >= 11 is 1.88. The molecule has 1 saturated carbocycles. The van der Waals surface area contributed by atoms with Crippen LogP contribution in [0.15, 0.2) is 236 Å². The summed E-state index contributed by atoms with van der Waals surface area (Å²) in [6.45, 7) is 0.